The molecule has 3 nitrogen and oxygen atoms in total. The van der Waals surface area contributed by atoms with E-state index in [1.807, 2.05) is 4.90 Å². The van der Waals surface area contributed by atoms with Crippen molar-refractivity contribution in [2.75, 3.05) is 25.1 Å². The number of hydrogen-bond donors (Lipinski definition) is 0. The molecule has 0 N–H and O–H groups in total. The van der Waals surface area contributed by atoms with E-state index in [4.69, 9.17) is 4.74 Å². The fourth-order valence-electron chi connectivity index (χ4n) is 2.45. The van der Waals surface area contributed by atoms with E-state index in [-0.39, 0.29) is 11.7 Å². The van der Waals surface area contributed by atoms with E-state index in [0.29, 0.717) is 25.1 Å². The van der Waals surface area contributed by atoms with E-state index in [1.54, 1.807) is 7.11 Å². The number of halogens is 3. The highest BCUT2D eigenvalue weighted by molar-refractivity contribution is 5.85. The molecular weight excluding hydrogens is 271 g/mol. The summed E-state index contributed by atoms with van der Waals surface area (Å²) in [5.74, 6) is 0. The third kappa shape index (κ3) is 3.12. The number of alkyl halides is 3. The predicted molar refractivity (Wildman–Crippen MR) is 69.1 cm³/mol. The van der Waals surface area contributed by atoms with E-state index in [9.17, 15) is 18.0 Å². The molecule has 0 atom stereocenters. The largest absolute Gasteiger partial charge is 0.416 e. The summed E-state index contributed by atoms with van der Waals surface area (Å²) in [6, 6.07) is 3.30. The summed E-state index contributed by atoms with van der Waals surface area (Å²) in [5.41, 5.74) is -0.159. The Kier molecular flexibility index (Phi) is 4.32. The Labute approximate surface area is 115 Å². The maximum absolute atomic E-state index is 12.6. The van der Waals surface area contributed by atoms with Crippen molar-refractivity contribution >= 4 is 12.0 Å². The summed E-state index contributed by atoms with van der Waals surface area (Å²) in [6.07, 6.45) is -2.17. The molecule has 1 aliphatic heterocycles. The number of carbonyl (C=O) groups is 1. The second-order valence-corrected chi connectivity index (χ2v) is 4.81. The highest BCUT2D eigenvalue weighted by atomic mass is 19.4. The number of nitrogens with zero attached hydrogens (tertiary/aromatic N) is 1. The molecule has 0 saturated carbocycles. The van der Waals surface area contributed by atoms with Gasteiger partial charge in [-0.25, -0.2) is 0 Å². The summed E-state index contributed by atoms with van der Waals surface area (Å²) >= 11 is 0. The molecule has 20 heavy (non-hydrogen) atoms. The van der Waals surface area contributed by atoms with Gasteiger partial charge < -0.3 is 9.64 Å². The lowest BCUT2D eigenvalue weighted by atomic mass is 10.0. The molecule has 0 aromatic heterocycles. The normalized spacial score (nSPS) is 17.3. The fourth-order valence-corrected chi connectivity index (χ4v) is 2.45. The van der Waals surface area contributed by atoms with Crippen LogP contribution in [0.1, 0.15) is 28.8 Å². The lowest BCUT2D eigenvalue weighted by molar-refractivity contribution is -0.137. The van der Waals surface area contributed by atoms with Crippen molar-refractivity contribution in [1.82, 2.24) is 0 Å². The van der Waals surface area contributed by atoms with Gasteiger partial charge in [-0.2, -0.15) is 13.2 Å². The Balaban J connectivity index is 2.22. The first-order valence-corrected chi connectivity index (χ1v) is 6.40. The van der Waals surface area contributed by atoms with E-state index in [1.165, 1.54) is 6.07 Å². The fraction of sp³-hybridized carbons (Fsp3) is 0.500. The monoisotopic (exact) mass is 287 g/mol. The molecule has 1 heterocycles. The second kappa shape index (κ2) is 5.83. The van der Waals surface area contributed by atoms with Crippen LogP contribution in [-0.4, -0.2) is 32.6 Å². The Bertz CT molecular complexity index is 480. The van der Waals surface area contributed by atoms with Gasteiger partial charge in [-0.05, 0) is 31.0 Å². The van der Waals surface area contributed by atoms with Gasteiger partial charge in [0, 0.05) is 31.5 Å². The van der Waals surface area contributed by atoms with Crippen LogP contribution in [0.5, 0.6) is 0 Å². The molecule has 0 radical (unpaired) electrons. The summed E-state index contributed by atoms with van der Waals surface area (Å²) in [6.45, 7) is 1.34. The van der Waals surface area contributed by atoms with Gasteiger partial charge >= 0.3 is 6.18 Å². The maximum atomic E-state index is 12.6. The highest BCUT2D eigenvalue weighted by Gasteiger charge is 2.31. The van der Waals surface area contributed by atoms with Crippen LogP contribution in [0.15, 0.2) is 18.2 Å². The van der Waals surface area contributed by atoms with Crippen molar-refractivity contribution in [1.29, 1.82) is 0 Å². The molecule has 1 aromatic carbocycles. The van der Waals surface area contributed by atoms with Crippen molar-refractivity contribution in [2.24, 2.45) is 0 Å². The molecule has 0 unspecified atom stereocenters. The van der Waals surface area contributed by atoms with Gasteiger partial charge in [0.2, 0.25) is 0 Å². The van der Waals surface area contributed by atoms with Crippen LogP contribution in [0, 0.1) is 0 Å². The van der Waals surface area contributed by atoms with Gasteiger partial charge in [0.15, 0.2) is 6.29 Å². The topological polar surface area (TPSA) is 29.5 Å². The van der Waals surface area contributed by atoms with Crippen molar-refractivity contribution in [3.8, 4) is 0 Å². The zero-order valence-corrected chi connectivity index (χ0v) is 11.1. The average Bonchev–Trinajstić information content (AvgIpc) is 2.45. The van der Waals surface area contributed by atoms with Gasteiger partial charge in [0.1, 0.15) is 0 Å². The summed E-state index contributed by atoms with van der Waals surface area (Å²) in [4.78, 5) is 13.0. The quantitative estimate of drug-likeness (QED) is 0.800. The molecule has 6 heteroatoms. The van der Waals surface area contributed by atoms with Crippen LogP contribution in [0.25, 0.3) is 0 Å². The van der Waals surface area contributed by atoms with E-state index >= 15 is 0 Å². The summed E-state index contributed by atoms with van der Waals surface area (Å²) < 4.78 is 43.1. The first-order valence-electron chi connectivity index (χ1n) is 6.40. The number of piperidine rings is 1. The molecule has 1 aromatic rings. The van der Waals surface area contributed by atoms with Crippen molar-refractivity contribution in [3.05, 3.63) is 29.3 Å². The molecular formula is C14H16F3NO2. The minimum atomic E-state index is -4.43. The van der Waals surface area contributed by atoms with Crippen LogP contribution >= 0.6 is 0 Å². The van der Waals surface area contributed by atoms with Gasteiger partial charge in [0.05, 0.1) is 11.7 Å². The number of rotatable bonds is 3. The Morgan fingerprint density at radius 3 is 2.45 bits per heavy atom. The minimum Gasteiger partial charge on any atom is -0.381 e. The van der Waals surface area contributed by atoms with Crippen LogP contribution in [0.3, 0.4) is 0 Å². The van der Waals surface area contributed by atoms with E-state index in [0.717, 1.165) is 25.0 Å². The predicted octanol–water partition coefficient (Wildman–Crippen LogP) is 3.13. The molecule has 1 fully saturated rings. The summed E-state index contributed by atoms with van der Waals surface area (Å²) in [5, 5.41) is 0. The minimum absolute atomic E-state index is 0.0793. The molecule has 0 spiro atoms. The number of benzene rings is 1. The zero-order valence-electron chi connectivity index (χ0n) is 11.1. The van der Waals surface area contributed by atoms with Crippen molar-refractivity contribution in [2.45, 2.75) is 25.1 Å². The van der Waals surface area contributed by atoms with Crippen LogP contribution in [-0.2, 0) is 10.9 Å². The lowest BCUT2D eigenvalue weighted by Crippen LogP contribution is -2.37. The lowest BCUT2D eigenvalue weighted by Gasteiger charge is -2.33. The first kappa shape index (κ1) is 14.8. The molecule has 0 amide bonds. The number of carbonyl (C=O) groups excluding carboxylic acids is 1. The van der Waals surface area contributed by atoms with Gasteiger partial charge in [-0.3, -0.25) is 4.79 Å². The van der Waals surface area contributed by atoms with Gasteiger partial charge in [-0.15, -0.1) is 0 Å². The van der Waals surface area contributed by atoms with Crippen LogP contribution in [0.4, 0.5) is 18.9 Å². The first-order chi connectivity index (χ1) is 9.45. The molecule has 1 saturated heterocycles. The Morgan fingerprint density at radius 2 is 1.95 bits per heavy atom. The molecule has 0 aliphatic carbocycles. The number of methoxy groups -OCH3 is 1. The average molecular weight is 287 g/mol. The molecule has 2 rings (SSSR count). The van der Waals surface area contributed by atoms with Crippen LogP contribution < -0.4 is 4.90 Å². The smallest absolute Gasteiger partial charge is 0.381 e. The standard InChI is InChI=1S/C14H16F3NO2/c1-20-12-4-6-18(7-5-12)13-3-2-11(14(15,16)17)8-10(13)9-19/h2-3,8-9,12H,4-7H2,1H3. The molecule has 110 valence electrons. The van der Waals surface area contributed by atoms with Crippen molar-refractivity contribution < 1.29 is 22.7 Å². The number of hydrogen-bond acceptors (Lipinski definition) is 3. The number of anilines is 1. The van der Waals surface area contributed by atoms with E-state index in [2.05, 4.69) is 0 Å². The molecule has 1 aliphatic rings. The number of aldehydes is 1. The van der Waals surface area contributed by atoms with E-state index < -0.39 is 11.7 Å². The Hall–Kier alpha value is -1.56. The third-order valence-corrected chi connectivity index (χ3v) is 3.60. The zero-order chi connectivity index (χ0) is 14.8. The van der Waals surface area contributed by atoms with Gasteiger partial charge in [-0.1, -0.05) is 0 Å². The van der Waals surface area contributed by atoms with Crippen molar-refractivity contribution in [3.63, 3.8) is 0 Å². The highest BCUT2D eigenvalue weighted by Crippen LogP contribution is 2.33. The second-order valence-electron chi connectivity index (χ2n) is 4.81. The maximum Gasteiger partial charge on any atom is 0.416 e. The third-order valence-electron chi connectivity index (χ3n) is 3.60. The number of ether oxygens (including phenoxy) is 1. The molecule has 0 bridgehead atoms. The SMILES string of the molecule is COC1CCN(c2ccc(C(F)(F)F)cc2C=O)CC1. The summed E-state index contributed by atoms with van der Waals surface area (Å²) in [7, 11) is 1.65. The van der Waals surface area contributed by atoms with Crippen LogP contribution in [0.2, 0.25) is 0 Å². The Morgan fingerprint density at radius 1 is 1.30 bits per heavy atom. The van der Waals surface area contributed by atoms with Gasteiger partial charge in [0.25, 0.3) is 0 Å².